The van der Waals surface area contributed by atoms with Crippen LogP contribution in [0.1, 0.15) is 63.9 Å². The number of carboxylic acids is 1. The second kappa shape index (κ2) is 10.1. The Hall–Kier alpha value is -2.04. The first-order valence-electron chi connectivity index (χ1n) is 9.49. The van der Waals surface area contributed by atoms with Gasteiger partial charge in [0, 0.05) is 18.7 Å². The standard InChI is InChI=1S/C20H30N2O3/c1-2-3-4-5-6-7-8-18-15-21-20(25)22(18)17-12-9-16(10-13-17)11-14-19(23)24/h9-10,12-13,18H,2-8,11,14-15H2,1H3,(H,21,25)(H,23,24). The van der Waals surface area contributed by atoms with Gasteiger partial charge in [-0.05, 0) is 30.5 Å². The number of amides is 2. The van der Waals surface area contributed by atoms with E-state index in [2.05, 4.69) is 12.2 Å². The molecule has 1 atom stereocenters. The van der Waals surface area contributed by atoms with E-state index in [1.807, 2.05) is 29.2 Å². The second-order valence-electron chi connectivity index (χ2n) is 6.83. The number of anilines is 1. The Bertz CT molecular complexity index is 557. The number of carboxylic acid groups (broad SMARTS) is 1. The van der Waals surface area contributed by atoms with Crippen LogP contribution in [0.25, 0.3) is 0 Å². The number of aliphatic carboxylic acids is 1. The SMILES string of the molecule is CCCCCCCCC1CNC(=O)N1c1ccc(CCC(=O)O)cc1. The van der Waals surface area contributed by atoms with E-state index in [1.165, 1.54) is 32.1 Å². The summed E-state index contributed by atoms with van der Waals surface area (Å²) in [5, 5.41) is 11.7. The van der Waals surface area contributed by atoms with E-state index in [9.17, 15) is 9.59 Å². The predicted molar refractivity (Wildman–Crippen MR) is 100 cm³/mol. The van der Waals surface area contributed by atoms with E-state index < -0.39 is 5.97 Å². The lowest BCUT2D eigenvalue weighted by Gasteiger charge is -2.23. The van der Waals surface area contributed by atoms with Crippen LogP contribution in [0.4, 0.5) is 10.5 Å². The van der Waals surface area contributed by atoms with Crippen LogP contribution in [0.3, 0.4) is 0 Å². The highest BCUT2D eigenvalue weighted by molar-refractivity contribution is 5.94. The van der Waals surface area contributed by atoms with Gasteiger partial charge < -0.3 is 10.4 Å². The van der Waals surface area contributed by atoms with Crippen LogP contribution in [0.15, 0.2) is 24.3 Å². The molecule has 1 aliphatic rings. The van der Waals surface area contributed by atoms with Gasteiger partial charge in [0.15, 0.2) is 0 Å². The topological polar surface area (TPSA) is 69.6 Å². The van der Waals surface area contributed by atoms with E-state index in [4.69, 9.17) is 5.11 Å². The Morgan fingerprint density at radius 1 is 1.16 bits per heavy atom. The molecule has 5 nitrogen and oxygen atoms in total. The Morgan fingerprint density at radius 2 is 1.84 bits per heavy atom. The number of urea groups is 1. The first-order chi connectivity index (χ1) is 12.1. The fourth-order valence-corrected chi connectivity index (χ4v) is 3.34. The van der Waals surface area contributed by atoms with Gasteiger partial charge in [0.05, 0.1) is 6.04 Å². The summed E-state index contributed by atoms with van der Waals surface area (Å²) in [7, 11) is 0. The van der Waals surface area contributed by atoms with Crippen molar-refractivity contribution in [1.82, 2.24) is 5.32 Å². The maximum atomic E-state index is 12.2. The summed E-state index contributed by atoms with van der Waals surface area (Å²) in [6, 6.07) is 7.88. The quantitative estimate of drug-likeness (QED) is 0.585. The van der Waals surface area contributed by atoms with E-state index >= 15 is 0 Å². The minimum atomic E-state index is -0.790. The van der Waals surface area contributed by atoms with Crippen molar-refractivity contribution in [1.29, 1.82) is 0 Å². The Labute approximate surface area is 150 Å². The molecule has 25 heavy (non-hydrogen) atoms. The fraction of sp³-hybridized carbons (Fsp3) is 0.600. The molecule has 0 radical (unpaired) electrons. The van der Waals surface area contributed by atoms with Crippen LogP contribution in [0.2, 0.25) is 0 Å². The lowest BCUT2D eigenvalue weighted by Crippen LogP contribution is -2.34. The van der Waals surface area contributed by atoms with Gasteiger partial charge in [-0.25, -0.2) is 4.79 Å². The molecule has 0 aliphatic carbocycles. The van der Waals surface area contributed by atoms with Gasteiger partial charge in [-0.15, -0.1) is 0 Å². The molecule has 2 N–H and O–H groups in total. The number of nitrogens with one attached hydrogen (secondary N) is 1. The predicted octanol–water partition coefficient (Wildman–Crippen LogP) is 4.35. The number of rotatable bonds is 11. The monoisotopic (exact) mass is 346 g/mol. The summed E-state index contributed by atoms with van der Waals surface area (Å²) in [6.07, 6.45) is 9.20. The highest BCUT2D eigenvalue weighted by Crippen LogP contribution is 2.24. The zero-order chi connectivity index (χ0) is 18.1. The summed E-state index contributed by atoms with van der Waals surface area (Å²) in [4.78, 5) is 24.7. The molecule has 1 unspecified atom stereocenters. The average Bonchev–Trinajstić information content (AvgIpc) is 2.97. The minimum absolute atomic E-state index is 0.0331. The van der Waals surface area contributed by atoms with Crippen molar-refractivity contribution >= 4 is 17.7 Å². The lowest BCUT2D eigenvalue weighted by atomic mass is 10.0. The maximum Gasteiger partial charge on any atom is 0.322 e. The molecule has 0 saturated carbocycles. The number of unbranched alkanes of at least 4 members (excludes halogenated alkanes) is 5. The molecule has 138 valence electrons. The minimum Gasteiger partial charge on any atom is -0.481 e. The third kappa shape index (κ3) is 6.07. The lowest BCUT2D eigenvalue weighted by molar-refractivity contribution is -0.136. The Kier molecular flexibility index (Phi) is 7.76. The number of benzene rings is 1. The van der Waals surface area contributed by atoms with Gasteiger partial charge in [0.25, 0.3) is 0 Å². The van der Waals surface area contributed by atoms with Crippen LogP contribution in [0.5, 0.6) is 0 Å². The first-order valence-corrected chi connectivity index (χ1v) is 9.49. The molecular weight excluding hydrogens is 316 g/mol. The molecule has 1 aliphatic heterocycles. The normalized spacial score (nSPS) is 16.9. The van der Waals surface area contributed by atoms with Gasteiger partial charge >= 0.3 is 12.0 Å². The van der Waals surface area contributed by atoms with E-state index in [1.54, 1.807) is 0 Å². The van der Waals surface area contributed by atoms with Crippen molar-refractivity contribution in [3.63, 3.8) is 0 Å². The maximum absolute atomic E-state index is 12.2. The van der Waals surface area contributed by atoms with E-state index in [0.717, 1.165) is 24.1 Å². The molecule has 1 saturated heterocycles. The summed E-state index contributed by atoms with van der Waals surface area (Å²) in [5.41, 5.74) is 1.88. The summed E-state index contributed by atoms with van der Waals surface area (Å²) in [5.74, 6) is -0.790. The van der Waals surface area contributed by atoms with Gasteiger partial charge in [0.2, 0.25) is 0 Å². The van der Waals surface area contributed by atoms with Gasteiger partial charge in [-0.2, -0.15) is 0 Å². The highest BCUT2D eigenvalue weighted by atomic mass is 16.4. The number of aryl methyl sites for hydroxylation is 1. The third-order valence-corrected chi connectivity index (χ3v) is 4.81. The van der Waals surface area contributed by atoms with Crippen molar-refractivity contribution < 1.29 is 14.7 Å². The van der Waals surface area contributed by atoms with E-state index in [0.29, 0.717) is 13.0 Å². The number of nitrogens with zero attached hydrogens (tertiary/aromatic N) is 1. The zero-order valence-electron chi connectivity index (χ0n) is 15.2. The smallest absolute Gasteiger partial charge is 0.322 e. The molecule has 5 heteroatoms. The summed E-state index contributed by atoms with van der Waals surface area (Å²) >= 11 is 0. The molecule has 0 spiro atoms. The molecule has 2 rings (SSSR count). The Balaban J connectivity index is 1.86. The molecule has 0 bridgehead atoms. The van der Waals surface area contributed by atoms with E-state index in [-0.39, 0.29) is 18.5 Å². The van der Waals surface area contributed by atoms with Gasteiger partial charge in [-0.3, -0.25) is 9.69 Å². The Morgan fingerprint density at radius 3 is 2.52 bits per heavy atom. The molecule has 1 fully saturated rings. The number of hydrogen-bond donors (Lipinski definition) is 2. The van der Waals surface area contributed by atoms with Gasteiger partial charge in [0.1, 0.15) is 0 Å². The van der Waals surface area contributed by atoms with Crippen molar-refractivity contribution in [2.45, 2.75) is 70.8 Å². The van der Waals surface area contributed by atoms with Crippen molar-refractivity contribution in [2.75, 3.05) is 11.4 Å². The largest absolute Gasteiger partial charge is 0.481 e. The van der Waals surface area contributed by atoms with Crippen LogP contribution < -0.4 is 10.2 Å². The van der Waals surface area contributed by atoms with Crippen molar-refractivity contribution in [3.05, 3.63) is 29.8 Å². The number of carbonyl (C=O) groups excluding carboxylic acids is 1. The van der Waals surface area contributed by atoms with Crippen LogP contribution in [-0.2, 0) is 11.2 Å². The first kappa shape index (κ1) is 19.3. The summed E-state index contributed by atoms with van der Waals surface area (Å²) in [6.45, 7) is 2.93. The molecule has 0 aromatic heterocycles. The fourth-order valence-electron chi connectivity index (χ4n) is 3.34. The van der Waals surface area contributed by atoms with Crippen molar-refractivity contribution in [3.8, 4) is 0 Å². The van der Waals surface area contributed by atoms with Crippen molar-refractivity contribution in [2.24, 2.45) is 0 Å². The van der Waals surface area contributed by atoms with Crippen LogP contribution >= 0.6 is 0 Å². The summed E-state index contributed by atoms with van der Waals surface area (Å²) < 4.78 is 0. The van der Waals surface area contributed by atoms with Crippen LogP contribution in [0, 0.1) is 0 Å². The van der Waals surface area contributed by atoms with Gasteiger partial charge in [-0.1, -0.05) is 57.6 Å². The van der Waals surface area contributed by atoms with Crippen LogP contribution in [-0.4, -0.2) is 29.7 Å². The average molecular weight is 346 g/mol. The molecule has 2 amide bonds. The zero-order valence-corrected chi connectivity index (χ0v) is 15.2. The molecule has 1 heterocycles. The second-order valence-corrected chi connectivity index (χ2v) is 6.83. The molecule has 1 aromatic rings. The molecular formula is C20H30N2O3. The highest BCUT2D eigenvalue weighted by Gasteiger charge is 2.31. The number of hydrogen-bond acceptors (Lipinski definition) is 2. The third-order valence-electron chi connectivity index (χ3n) is 4.81. The number of carbonyl (C=O) groups is 2. The molecule has 1 aromatic carbocycles.